The van der Waals surface area contributed by atoms with Crippen LogP contribution in [0, 0.1) is 5.92 Å². The third-order valence-corrected chi connectivity index (χ3v) is 3.68. The van der Waals surface area contributed by atoms with Crippen molar-refractivity contribution >= 4 is 11.8 Å². The van der Waals surface area contributed by atoms with Crippen LogP contribution in [-0.2, 0) is 14.3 Å². The van der Waals surface area contributed by atoms with Crippen LogP contribution in [0.3, 0.4) is 0 Å². The van der Waals surface area contributed by atoms with Crippen molar-refractivity contribution in [2.75, 3.05) is 46.9 Å². The van der Waals surface area contributed by atoms with Crippen molar-refractivity contribution in [2.24, 2.45) is 5.92 Å². The first-order chi connectivity index (χ1) is 10.0. The fraction of sp³-hybridized carbons (Fsp3) is 0.867. The van der Waals surface area contributed by atoms with Crippen LogP contribution in [0.25, 0.3) is 0 Å². The average Bonchev–Trinajstić information content (AvgIpc) is 2.91. The van der Waals surface area contributed by atoms with Crippen molar-refractivity contribution in [1.29, 1.82) is 0 Å². The number of rotatable bonds is 8. The van der Waals surface area contributed by atoms with Crippen LogP contribution >= 0.6 is 0 Å². The minimum absolute atomic E-state index is 0.0261. The number of amides is 2. The Hall–Kier alpha value is -1.14. The second kappa shape index (κ2) is 9.00. The fourth-order valence-electron chi connectivity index (χ4n) is 2.40. The molecule has 0 saturated carbocycles. The Morgan fingerprint density at radius 3 is 2.48 bits per heavy atom. The van der Waals surface area contributed by atoms with Crippen LogP contribution in [0.1, 0.15) is 26.7 Å². The van der Waals surface area contributed by atoms with Crippen LogP contribution < -0.4 is 5.32 Å². The first-order valence-corrected chi connectivity index (χ1v) is 7.81. The summed E-state index contributed by atoms with van der Waals surface area (Å²) in [5.74, 6) is -0.204. The Kier molecular flexibility index (Phi) is 7.67. The van der Waals surface area contributed by atoms with Crippen LogP contribution in [0.5, 0.6) is 0 Å². The van der Waals surface area contributed by atoms with E-state index in [1.54, 1.807) is 19.0 Å². The first-order valence-electron chi connectivity index (χ1n) is 7.81. The molecule has 2 unspecified atom stereocenters. The lowest BCUT2D eigenvalue weighted by Crippen LogP contribution is -2.48. The molecule has 2 atom stereocenters. The van der Waals surface area contributed by atoms with Crippen LogP contribution in [0.15, 0.2) is 0 Å². The summed E-state index contributed by atoms with van der Waals surface area (Å²) in [6.45, 7) is 6.75. The molecule has 0 aromatic carbocycles. The predicted octanol–water partition coefficient (Wildman–Crippen LogP) is 0.328. The molecular weight excluding hydrogens is 270 g/mol. The maximum absolute atomic E-state index is 12.7. The van der Waals surface area contributed by atoms with Gasteiger partial charge in [0, 0.05) is 26.7 Å². The van der Waals surface area contributed by atoms with Crippen molar-refractivity contribution in [1.82, 2.24) is 15.1 Å². The van der Waals surface area contributed by atoms with E-state index in [2.05, 4.69) is 12.2 Å². The fourth-order valence-corrected chi connectivity index (χ4v) is 2.40. The minimum atomic E-state index is -0.182. The van der Waals surface area contributed by atoms with Crippen molar-refractivity contribution in [3.63, 3.8) is 0 Å². The largest absolute Gasteiger partial charge is 0.379 e. The molecular formula is C15H29N3O3. The maximum Gasteiger partial charge on any atom is 0.241 e. The molecule has 0 radical (unpaired) electrons. The zero-order chi connectivity index (χ0) is 15.8. The normalized spacial score (nSPS) is 21.3. The number of carbonyl (C=O) groups excluding carboxylic acids is 2. The molecule has 21 heavy (non-hydrogen) atoms. The zero-order valence-corrected chi connectivity index (χ0v) is 13.7. The molecule has 0 aliphatic carbocycles. The standard InChI is InChI=1S/C15H29N3O3/c1-5-7-16-13-11-21-10-12(13)15(20)18(8-6-2)9-14(19)17(3)4/h12-13,16H,5-11H2,1-4H3. The SMILES string of the molecule is CCCNC1COCC1C(=O)N(CCC)CC(=O)N(C)C. The van der Waals surface area contributed by atoms with E-state index < -0.39 is 0 Å². The lowest BCUT2D eigenvalue weighted by Gasteiger charge is -2.28. The second-order valence-corrected chi connectivity index (χ2v) is 5.75. The summed E-state index contributed by atoms with van der Waals surface area (Å²) in [6, 6.07) is 0.0614. The molecule has 0 spiro atoms. The lowest BCUT2D eigenvalue weighted by atomic mass is 10.0. The third kappa shape index (κ3) is 5.28. The summed E-state index contributed by atoms with van der Waals surface area (Å²) >= 11 is 0. The van der Waals surface area contributed by atoms with Crippen LogP contribution in [0.4, 0.5) is 0 Å². The monoisotopic (exact) mass is 299 g/mol. The number of hydrogen-bond acceptors (Lipinski definition) is 4. The molecule has 122 valence electrons. The van der Waals surface area contributed by atoms with Gasteiger partial charge in [0.25, 0.3) is 0 Å². The number of nitrogens with zero attached hydrogens (tertiary/aromatic N) is 2. The van der Waals surface area contributed by atoms with Gasteiger partial charge in [-0.15, -0.1) is 0 Å². The van der Waals surface area contributed by atoms with E-state index in [-0.39, 0.29) is 30.3 Å². The number of ether oxygens (including phenoxy) is 1. The number of likely N-dealkylation sites (N-methyl/N-ethyl adjacent to an activating group) is 1. The van der Waals surface area contributed by atoms with E-state index in [1.807, 2.05) is 6.92 Å². The lowest BCUT2D eigenvalue weighted by molar-refractivity contribution is -0.142. The van der Waals surface area contributed by atoms with Crippen molar-refractivity contribution in [3.8, 4) is 0 Å². The molecule has 1 rings (SSSR count). The van der Waals surface area contributed by atoms with Gasteiger partial charge in [-0.2, -0.15) is 0 Å². The van der Waals surface area contributed by atoms with Crippen LogP contribution in [-0.4, -0.2) is 74.6 Å². The number of hydrogen-bond donors (Lipinski definition) is 1. The summed E-state index contributed by atoms with van der Waals surface area (Å²) < 4.78 is 5.46. The van der Waals surface area contributed by atoms with E-state index in [1.165, 1.54) is 4.90 Å². The van der Waals surface area contributed by atoms with Gasteiger partial charge in [-0.3, -0.25) is 9.59 Å². The highest BCUT2D eigenvalue weighted by Crippen LogP contribution is 2.17. The van der Waals surface area contributed by atoms with E-state index in [4.69, 9.17) is 4.74 Å². The minimum Gasteiger partial charge on any atom is -0.379 e. The van der Waals surface area contributed by atoms with Crippen molar-refractivity contribution in [3.05, 3.63) is 0 Å². The summed E-state index contributed by atoms with van der Waals surface area (Å²) in [5.41, 5.74) is 0. The Morgan fingerprint density at radius 1 is 1.19 bits per heavy atom. The summed E-state index contributed by atoms with van der Waals surface area (Å²) in [7, 11) is 3.42. The van der Waals surface area contributed by atoms with Gasteiger partial charge in [0.15, 0.2) is 0 Å². The summed E-state index contributed by atoms with van der Waals surface area (Å²) in [4.78, 5) is 27.8. The third-order valence-electron chi connectivity index (χ3n) is 3.68. The number of carbonyl (C=O) groups is 2. The molecule has 0 aromatic heterocycles. The molecule has 1 N–H and O–H groups in total. The highest BCUT2D eigenvalue weighted by molar-refractivity contribution is 5.86. The Labute approximate surface area is 127 Å². The van der Waals surface area contributed by atoms with Crippen molar-refractivity contribution in [2.45, 2.75) is 32.7 Å². The first kappa shape index (κ1) is 17.9. The molecule has 1 saturated heterocycles. The molecule has 2 amide bonds. The van der Waals surface area contributed by atoms with Gasteiger partial charge >= 0.3 is 0 Å². The molecule has 0 bridgehead atoms. The molecule has 6 heteroatoms. The summed E-state index contributed by atoms with van der Waals surface area (Å²) in [6.07, 6.45) is 1.86. The van der Waals surface area contributed by atoms with Gasteiger partial charge in [-0.05, 0) is 19.4 Å². The second-order valence-electron chi connectivity index (χ2n) is 5.75. The molecule has 1 aliphatic rings. The van der Waals surface area contributed by atoms with E-state index in [0.29, 0.717) is 19.8 Å². The zero-order valence-electron chi connectivity index (χ0n) is 13.7. The van der Waals surface area contributed by atoms with E-state index in [9.17, 15) is 9.59 Å². The topological polar surface area (TPSA) is 61.9 Å². The molecule has 1 heterocycles. The number of nitrogens with one attached hydrogen (secondary N) is 1. The average molecular weight is 299 g/mol. The van der Waals surface area contributed by atoms with Gasteiger partial charge in [0.2, 0.25) is 11.8 Å². The van der Waals surface area contributed by atoms with Gasteiger partial charge in [0.1, 0.15) is 0 Å². The van der Waals surface area contributed by atoms with Gasteiger partial charge in [0.05, 0.1) is 25.7 Å². The molecule has 0 aromatic rings. The van der Waals surface area contributed by atoms with E-state index in [0.717, 1.165) is 19.4 Å². The summed E-state index contributed by atoms with van der Waals surface area (Å²) in [5, 5.41) is 3.37. The molecule has 6 nitrogen and oxygen atoms in total. The van der Waals surface area contributed by atoms with Gasteiger partial charge < -0.3 is 19.9 Å². The molecule has 1 fully saturated rings. The highest BCUT2D eigenvalue weighted by Gasteiger charge is 2.36. The van der Waals surface area contributed by atoms with Crippen LogP contribution in [0.2, 0.25) is 0 Å². The Morgan fingerprint density at radius 2 is 1.90 bits per heavy atom. The van der Waals surface area contributed by atoms with E-state index >= 15 is 0 Å². The smallest absolute Gasteiger partial charge is 0.241 e. The Balaban J connectivity index is 2.68. The highest BCUT2D eigenvalue weighted by atomic mass is 16.5. The van der Waals surface area contributed by atoms with Gasteiger partial charge in [-0.25, -0.2) is 0 Å². The van der Waals surface area contributed by atoms with Gasteiger partial charge in [-0.1, -0.05) is 13.8 Å². The quantitative estimate of drug-likeness (QED) is 0.701. The maximum atomic E-state index is 12.7. The predicted molar refractivity (Wildman–Crippen MR) is 82.0 cm³/mol. The Bertz CT molecular complexity index is 347. The van der Waals surface area contributed by atoms with Crippen molar-refractivity contribution < 1.29 is 14.3 Å². The molecule has 1 aliphatic heterocycles.